The first-order chi connectivity index (χ1) is 7.58. The minimum Gasteiger partial charge on any atom is -0.207 e. The average molecular weight is 228 g/mol. The molecule has 0 fully saturated rings. The summed E-state index contributed by atoms with van der Waals surface area (Å²) in [6.07, 6.45) is 0. The third kappa shape index (κ3) is 4.59. The van der Waals surface area contributed by atoms with Crippen LogP contribution in [-0.2, 0) is 0 Å². The van der Waals surface area contributed by atoms with Crippen molar-refractivity contribution in [2.24, 2.45) is 0 Å². The molecule has 0 heterocycles. The molecule has 0 saturated carbocycles. The van der Waals surface area contributed by atoms with Crippen LogP contribution in [0.1, 0.15) is 0 Å². The monoisotopic (exact) mass is 228 g/mol. The van der Waals surface area contributed by atoms with Crippen molar-refractivity contribution in [3.63, 3.8) is 0 Å². The minimum atomic E-state index is -0.896. The van der Waals surface area contributed by atoms with E-state index in [1.807, 2.05) is 0 Å². The topological polar surface area (TPSA) is 0 Å². The molecule has 4 heteroatoms. The largest absolute Gasteiger partial charge is 0.207 e. The maximum atomic E-state index is 11.9. The zero-order valence-electron chi connectivity index (χ0n) is 8.13. The lowest BCUT2D eigenvalue weighted by atomic mass is 10.3. The third-order valence-corrected chi connectivity index (χ3v) is 1.56. The molecule has 0 radical (unpaired) electrons. The second kappa shape index (κ2) is 5.90. The van der Waals surface area contributed by atoms with Gasteiger partial charge in [0.2, 0.25) is 0 Å². The number of rotatable bonds is 0. The quantitative estimate of drug-likeness (QED) is 0.599. The van der Waals surface area contributed by atoms with Gasteiger partial charge in [0, 0.05) is 18.2 Å². The highest BCUT2D eigenvalue weighted by atomic mass is 19.1. The smallest absolute Gasteiger partial charge is 0.129 e. The lowest BCUT2D eigenvalue weighted by Crippen LogP contribution is -1.81. The van der Waals surface area contributed by atoms with E-state index in [9.17, 15) is 17.6 Å². The van der Waals surface area contributed by atoms with E-state index < -0.39 is 17.5 Å². The fourth-order valence-electron chi connectivity index (χ4n) is 0.935. The number of benzene rings is 2. The second-order valence-corrected chi connectivity index (χ2v) is 2.88. The maximum Gasteiger partial charge on any atom is 0.129 e. The molecule has 2 rings (SSSR count). The van der Waals surface area contributed by atoms with Crippen molar-refractivity contribution in [3.05, 3.63) is 71.8 Å². The molecule has 0 aliphatic carbocycles. The van der Waals surface area contributed by atoms with E-state index in [2.05, 4.69) is 0 Å². The van der Waals surface area contributed by atoms with Gasteiger partial charge in [-0.3, -0.25) is 0 Å². The van der Waals surface area contributed by atoms with Crippen LogP contribution in [0.5, 0.6) is 0 Å². The average Bonchev–Trinajstić information content (AvgIpc) is 2.17. The van der Waals surface area contributed by atoms with Crippen LogP contribution in [0.15, 0.2) is 48.5 Å². The summed E-state index contributed by atoms with van der Waals surface area (Å²) < 4.78 is 47.8. The van der Waals surface area contributed by atoms with E-state index in [0.717, 1.165) is 0 Å². The highest BCUT2D eigenvalue weighted by Gasteiger charge is 1.96. The van der Waals surface area contributed by atoms with Crippen LogP contribution in [0, 0.1) is 23.3 Å². The molecule has 0 spiro atoms. The first-order valence-corrected chi connectivity index (χ1v) is 4.40. The van der Waals surface area contributed by atoms with Crippen LogP contribution in [0.4, 0.5) is 17.6 Å². The standard InChI is InChI=1S/C6H3F3.C6H5F/c7-4-1-5(8)3-6(9)2-4;7-6-4-2-1-3-5-6/h1-3H;1-5H. The van der Waals surface area contributed by atoms with Gasteiger partial charge in [-0.1, -0.05) is 18.2 Å². The maximum absolute atomic E-state index is 11.9. The van der Waals surface area contributed by atoms with Crippen molar-refractivity contribution in [2.75, 3.05) is 0 Å². The highest BCUT2D eigenvalue weighted by molar-refractivity contribution is 5.07. The second-order valence-electron chi connectivity index (χ2n) is 2.88. The van der Waals surface area contributed by atoms with Crippen molar-refractivity contribution in [3.8, 4) is 0 Å². The summed E-state index contributed by atoms with van der Waals surface area (Å²) in [6.45, 7) is 0. The summed E-state index contributed by atoms with van der Waals surface area (Å²) in [7, 11) is 0. The Bertz CT molecular complexity index is 390. The molecule has 0 amide bonds. The molecule has 0 aliphatic heterocycles. The van der Waals surface area contributed by atoms with Crippen LogP contribution < -0.4 is 0 Å². The van der Waals surface area contributed by atoms with Crippen molar-refractivity contribution in [1.82, 2.24) is 0 Å². The van der Waals surface area contributed by atoms with Gasteiger partial charge >= 0.3 is 0 Å². The van der Waals surface area contributed by atoms with E-state index in [4.69, 9.17) is 0 Å². The van der Waals surface area contributed by atoms with Gasteiger partial charge in [0.05, 0.1) is 0 Å². The van der Waals surface area contributed by atoms with E-state index in [0.29, 0.717) is 18.2 Å². The molecule has 0 saturated heterocycles. The van der Waals surface area contributed by atoms with Gasteiger partial charge in [0.25, 0.3) is 0 Å². The molecule has 84 valence electrons. The molecular formula is C12H8F4. The summed E-state index contributed by atoms with van der Waals surface area (Å²) in [6, 6.07) is 9.78. The zero-order valence-corrected chi connectivity index (χ0v) is 8.13. The number of halogens is 4. The number of hydrogen-bond donors (Lipinski definition) is 0. The van der Waals surface area contributed by atoms with Gasteiger partial charge in [-0.2, -0.15) is 0 Å². The van der Waals surface area contributed by atoms with Gasteiger partial charge in [-0.05, 0) is 12.1 Å². The molecule has 0 unspecified atom stereocenters. The first kappa shape index (κ1) is 12.2. The summed E-state index contributed by atoms with van der Waals surface area (Å²) in [5.74, 6) is -2.87. The zero-order chi connectivity index (χ0) is 12.0. The Morgan fingerprint density at radius 2 is 0.875 bits per heavy atom. The molecule has 2 aromatic rings. The van der Waals surface area contributed by atoms with Crippen molar-refractivity contribution >= 4 is 0 Å². The van der Waals surface area contributed by atoms with Gasteiger partial charge in [-0.15, -0.1) is 0 Å². The van der Waals surface area contributed by atoms with Crippen molar-refractivity contribution in [1.29, 1.82) is 0 Å². The fourth-order valence-corrected chi connectivity index (χ4v) is 0.935. The Morgan fingerprint density at radius 1 is 0.500 bits per heavy atom. The van der Waals surface area contributed by atoms with Crippen LogP contribution in [0.2, 0.25) is 0 Å². The molecule has 0 aliphatic rings. The van der Waals surface area contributed by atoms with Crippen LogP contribution in [0.25, 0.3) is 0 Å². The van der Waals surface area contributed by atoms with Gasteiger partial charge in [0.15, 0.2) is 0 Å². The van der Waals surface area contributed by atoms with E-state index >= 15 is 0 Å². The summed E-state index contributed by atoms with van der Waals surface area (Å²) in [4.78, 5) is 0. The Hall–Kier alpha value is -1.84. The van der Waals surface area contributed by atoms with Crippen LogP contribution in [-0.4, -0.2) is 0 Å². The molecule has 2 aromatic carbocycles. The normalized spacial score (nSPS) is 9.25. The Morgan fingerprint density at radius 3 is 1.12 bits per heavy atom. The van der Waals surface area contributed by atoms with E-state index in [-0.39, 0.29) is 5.82 Å². The lowest BCUT2D eigenvalue weighted by molar-refractivity contribution is 0.543. The van der Waals surface area contributed by atoms with Crippen LogP contribution >= 0.6 is 0 Å². The lowest BCUT2D eigenvalue weighted by Gasteiger charge is -1.88. The molecular weight excluding hydrogens is 220 g/mol. The SMILES string of the molecule is Fc1cc(F)cc(F)c1.Fc1ccccc1. The van der Waals surface area contributed by atoms with Gasteiger partial charge in [-0.25, -0.2) is 17.6 Å². The summed E-state index contributed by atoms with van der Waals surface area (Å²) in [5, 5.41) is 0. The number of hydrogen-bond acceptors (Lipinski definition) is 0. The van der Waals surface area contributed by atoms with Gasteiger partial charge in [0.1, 0.15) is 23.3 Å². The Kier molecular flexibility index (Phi) is 4.51. The Balaban J connectivity index is 0.000000165. The van der Waals surface area contributed by atoms with Crippen molar-refractivity contribution in [2.45, 2.75) is 0 Å². The van der Waals surface area contributed by atoms with Crippen LogP contribution in [0.3, 0.4) is 0 Å². The predicted octanol–water partition coefficient (Wildman–Crippen LogP) is 3.93. The van der Waals surface area contributed by atoms with Crippen molar-refractivity contribution < 1.29 is 17.6 Å². The fraction of sp³-hybridized carbons (Fsp3) is 0. The molecule has 0 bridgehead atoms. The van der Waals surface area contributed by atoms with E-state index in [1.165, 1.54) is 12.1 Å². The molecule has 0 N–H and O–H groups in total. The molecule has 0 nitrogen and oxygen atoms in total. The summed E-state index contributed by atoms with van der Waals surface area (Å²) in [5.41, 5.74) is 0. The molecule has 0 atom stereocenters. The minimum absolute atomic E-state index is 0.178. The van der Waals surface area contributed by atoms with E-state index in [1.54, 1.807) is 18.2 Å². The third-order valence-electron chi connectivity index (χ3n) is 1.56. The first-order valence-electron chi connectivity index (χ1n) is 4.40. The summed E-state index contributed by atoms with van der Waals surface area (Å²) >= 11 is 0. The van der Waals surface area contributed by atoms with Gasteiger partial charge < -0.3 is 0 Å². The molecule has 16 heavy (non-hydrogen) atoms. The highest BCUT2D eigenvalue weighted by Crippen LogP contribution is 2.04. The Labute approximate surface area is 90.2 Å². The predicted molar refractivity (Wildman–Crippen MR) is 52.7 cm³/mol. The molecule has 0 aromatic heterocycles.